The number of hydrogen-bond acceptors (Lipinski definition) is 4. The van der Waals surface area contributed by atoms with Crippen LogP contribution < -0.4 is 10.0 Å². The molecule has 0 unspecified atom stereocenters. The van der Waals surface area contributed by atoms with Crippen molar-refractivity contribution in [1.82, 2.24) is 14.9 Å². The monoisotopic (exact) mass is 573 g/mol. The molecule has 0 saturated carbocycles. The van der Waals surface area contributed by atoms with Gasteiger partial charge in [-0.1, -0.05) is 46.3 Å². The first-order valence-electron chi connectivity index (χ1n) is 9.43. The average Bonchev–Trinajstić information content (AvgIpc) is 3.11. The van der Waals surface area contributed by atoms with Crippen molar-refractivity contribution in [2.24, 2.45) is 0 Å². The molecule has 166 valence electrons. The molecular weight excluding hydrogens is 554 g/mol. The van der Waals surface area contributed by atoms with Crippen LogP contribution in [0.15, 0.2) is 62.4 Å². The number of likely N-dealkylation sites (tertiary alicyclic amines) is 1. The van der Waals surface area contributed by atoms with Crippen molar-refractivity contribution in [3.05, 3.63) is 63.0 Å². The van der Waals surface area contributed by atoms with E-state index in [1.54, 1.807) is 12.1 Å². The summed E-state index contributed by atoms with van der Waals surface area (Å²) in [6, 6.07) is 12.9. The third-order valence-corrected chi connectivity index (χ3v) is 7.91. The van der Waals surface area contributed by atoms with E-state index in [0.717, 1.165) is 10.5 Å². The van der Waals surface area contributed by atoms with Gasteiger partial charge in [0.05, 0.1) is 17.4 Å². The molecule has 0 aromatic heterocycles. The number of nitrogens with zero attached hydrogens (tertiary/aromatic N) is 1. The highest BCUT2D eigenvalue weighted by atomic mass is 79.9. The van der Waals surface area contributed by atoms with Gasteiger partial charge in [-0.2, -0.15) is 0 Å². The standard InChI is InChI=1S/C20H21Br2N3O5S/c21-14-6-7-17(22)18(9-14)31(29,30)24-15-10-16(25(12-15)20(27)28)11-23-19(26)8-13-4-2-1-3-5-13/h1-7,9,15-16,24H,8,10-12H2,(H,23,26)(H,27,28)/t15-,16-/m1/s1. The number of sulfonamides is 1. The molecule has 0 radical (unpaired) electrons. The maximum atomic E-state index is 12.8. The van der Waals surface area contributed by atoms with Gasteiger partial charge in [-0.15, -0.1) is 0 Å². The minimum Gasteiger partial charge on any atom is -0.465 e. The molecule has 2 amide bonds. The summed E-state index contributed by atoms with van der Waals surface area (Å²) in [5, 5.41) is 12.3. The number of halogens is 2. The Balaban J connectivity index is 1.63. The molecule has 8 nitrogen and oxygen atoms in total. The summed E-state index contributed by atoms with van der Waals surface area (Å²) in [5.41, 5.74) is 0.853. The second kappa shape index (κ2) is 10.1. The number of amides is 2. The zero-order chi connectivity index (χ0) is 22.6. The van der Waals surface area contributed by atoms with E-state index in [1.807, 2.05) is 30.3 Å². The van der Waals surface area contributed by atoms with Gasteiger partial charge in [-0.05, 0) is 46.1 Å². The van der Waals surface area contributed by atoms with Gasteiger partial charge in [0.2, 0.25) is 15.9 Å². The van der Waals surface area contributed by atoms with Crippen molar-refractivity contribution in [3.8, 4) is 0 Å². The molecule has 1 heterocycles. The lowest BCUT2D eigenvalue weighted by molar-refractivity contribution is -0.120. The minimum absolute atomic E-state index is 0.000587. The fourth-order valence-corrected chi connectivity index (χ4v) is 6.21. The Hall–Kier alpha value is -1.95. The third kappa shape index (κ3) is 6.28. The number of nitrogens with one attached hydrogen (secondary N) is 2. The van der Waals surface area contributed by atoms with Gasteiger partial charge in [-0.3, -0.25) is 4.79 Å². The fourth-order valence-electron chi connectivity index (χ4n) is 3.47. The van der Waals surface area contributed by atoms with Gasteiger partial charge in [-0.25, -0.2) is 17.9 Å². The molecule has 0 bridgehead atoms. The smallest absolute Gasteiger partial charge is 0.407 e. The summed E-state index contributed by atoms with van der Waals surface area (Å²) in [5.74, 6) is -0.223. The maximum Gasteiger partial charge on any atom is 0.407 e. The van der Waals surface area contributed by atoms with E-state index >= 15 is 0 Å². The van der Waals surface area contributed by atoms with Crippen LogP contribution in [-0.2, 0) is 21.2 Å². The lowest BCUT2D eigenvalue weighted by atomic mass is 10.1. The first-order valence-corrected chi connectivity index (χ1v) is 12.5. The van der Waals surface area contributed by atoms with Crippen LogP contribution in [0.3, 0.4) is 0 Å². The Morgan fingerprint density at radius 3 is 2.52 bits per heavy atom. The predicted octanol–water partition coefficient (Wildman–Crippen LogP) is 2.97. The molecule has 3 rings (SSSR count). The van der Waals surface area contributed by atoms with Gasteiger partial charge in [0.1, 0.15) is 0 Å². The van der Waals surface area contributed by atoms with Crippen molar-refractivity contribution < 1.29 is 23.1 Å². The van der Waals surface area contributed by atoms with Crippen LogP contribution >= 0.6 is 31.9 Å². The fraction of sp³-hybridized carbons (Fsp3) is 0.300. The summed E-state index contributed by atoms with van der Waals surface area (Å²) >= 11 is 6.50. The zero-order valence-electron chi connectivity index (χ0n) is 16.3. The molecule has 3 N–H and O–H groups in total. The van der Waals surface area contributed by atoms with E-state index in [4.69, 9.17) is 0 Å². The molecule has 31 heavy (non-hydrogen) atoms. The number of benzene rings is 2. The Morgan fingerprint density at radius 1 is 1.13 bits per heavy atom. The molecule has 2 aromatic rings. The third-order valence-electron chi connectivity index (χ3n) is 4.91. The highest BCUT2D eigenvalue weighted by Gasteiger charge is 2.37. The summed E-state index contributed by atoms with van der Waals surface area (Å²) in [7, 11) is -3.88. The van der Waals surface area contributed by atoms with Crippen molar-refractivity contribution in [2.45, 2.75) is 29.8 Å². The van der Waals surface area contributed by atoms with Crippen LogP contribution in [0.25, 0.3) is 0 Å². The van der Waals surface area contributed by atoms with Crippen molar-refractivity contribution in [1.29, 1.82) is 0 Å². The minimum atomic E-state index is -3.88. The van der Waals surface area contributed by atoms with Crippen LogP contribution in [0, 0.1) is 0 Å². The Bertz CT molecular complexity index is 1070. The van der Waals surface area contributed by atoms with E-state index in [1.165, 1.54) is 6.07 Å². The van der Waals surface area contributed by atoms with Gasteiger partial charge < -0.3 is 15.3 Å². The summed E-state index contributed by atoms with van der Waals surface area (Å²) in [4.78, 5) is 25.1. The van der Waals surface area contributed by atoms with Crippen LogP contribution in [0.1, 0.15) is 12.0 Å². The number of carbonyl (C=O) groups is 2. The molecule has 1 fully saturated rings. The lowest BCUT2D eigenvalue weighted by Gasteiger charge is -2.21. The average molecular weight is 575 g/mol. The molecule has 2 aromatic carbocycles. The molecule has 1 aliphatic rings. The number of carbonyl (C=O) groups excluding carboxylic acids is 1. The highest BCUT2D eigenvalue weighted by molar-refractivity contribution is 9.11. The molecule has 0 aliphatic carbocycles. The van der Waals surface area contributed by atoms with Crippen molar-refractivity contribution in [3.63, 3.8) is 0 Å². The second-order valence-electron chi connectivity index (χ2n) is 7.18. The molecule has 2 atom stereocenters. The topological polar surface area (TPSA) is 116 Å². The Morgan fingerprint density at radius 2 is 1.84 bits per heavy atom. The molecule has 1 saturated heterocycles. The van der Waals surface area contributed by atoms with E-state index in [9.17, 15) is 23.1 Å². The largest absolute Gasteiger partial charge is 0.465 e. The van der Waals surface area contributed by atoms with Crippen LogP contribution in [-0.4, -0.2) is 55.6 Å². The first-order chi connectivity index (χ1) is 14.7. The van der Waals surface area contributed by atoms with E-state index < -0.39 is 28.2 Å². The normalized spacial score (nSPS) is 18.7. The van der Waals surface area contributed by atoms with Gasteiger partial charge in [0, 0.05) is 28.1 Å². The van der Waals surface area contributed by atoms with E-state index in [-0.39, 0.29) is 36.7 Å². The van der Waals surface area contributed by atoms with Crippen LogP contribution in [0.4, 0.5) is 4.79 Å². The number of rotatable bonds is 7. The van der Waals surface area contributed by atoms with Gasteiger partial charge in [0.15, 0.2) is 0 Å². The quantitative estimate of drug-likeness (QED) is 0.470. The molecule has 1 aliphatic heterocycles. The predicted molar refractivity (Wildman–Crippen MR) is 122 cm³/mol. The van der Waals surface area contributed by atoms with Crippen LogP contribution in [0.5, 0.6) is 0 Å². The number of carboxylic acid groups (broad SMARTS) is 1. The van der Waals surface area contributed by atoms with Crippen molar-refractivity contribution in [2.75, 3.05) is 13.1 Å². The Labute approximate surface area is 197 Å². The summed E-state index contributed by atoms with van der Waals surface area (Å²) in [6.45, 7) is 0.107. The second-order valence-corrected chi connectivity index (χ2v) is 10.6. The SMILES string of the molecule is O=C(Cc1ccccc1)NC[C@H]1C[C@@H](NS(=O)(=O)c2cc(Br)ccc2Br)CN1C(=O)O. The molecule has 11 heteroatoms. The zero-order valence-corrected chi connectivity index (χ0v) is 20.3. The Kier molecular flexibility index (Phi) is 7.73. The van der Waals surface area contributed by atoms with Crippen molar-refractivity contribution >= 4 is 53.9 Å². The first kappa shape index (κ1) is 23.7. The van der Waals surface area contributed by atoms with Gasteiger partial charge >= 0.3 is 6.09 Å². The van der Waals surface area contributed by atoms with Gasteiger partial charge in [0.25, 0.3) is 0 Å². The van der Waals surface area contributed by atoms with E-state index in [2.05, 4.69) is 41.9 Å². The van der Waals surface area contributed by atoms with Crippen LogP contribution in [0.2, 0.25) is 0 Å². The maximum absolute atomic E-state index is 12.8. The van der Waals surface area contributed by atoms with E-state index in [0.29, 0.717) is 8.95 Å². The molecule has 0 spiro atoms. The lowest BCUT2D eigenvalue weighted by Crippen LogP contribution is -2.43. The number of hydrogen-bond donors (Lipinski definition) is 3. The highest BCUT2D eigenvalue weighted by Crippen LogP contribution is 2.27. The molecular formula is C20H21Br2N3O5S. The summed E-state index contributed by atoms with van der Waals surface area (Å²) < 4.78 is 29.2. The summed E-state index contributed by atoms with van der Waals surface area (Å²) in [6.07, 6.45) is -0.719.